The maximum Gasteiger partial charge on any atom is 0.412 e. The van der Waals surface area contributed by atoms with Crippen molar-refractivity contribution in [2.45, 2.75) is 45.3 Å². The number of ether oxygens (including phenoxy) is 6. The highest BCUT2D eigenvalue weighted by atomic mass is 16.6. The maximum atomic E-state index is 12.8. The number of methoxy groups -OCH3 is 4. The van der Waals surface area contributed by atoms with Crippen LogP contribution >= 0.6 is 0 Å². The number of benzene rings is 4. The van der Waals surface area contributed by atoms with Crippen LogP contribution < -0.4 is 29.6 Å². The van der Waals surface area contributed by atoms with E-state index in [1.807, 2.05) is 48.5 Å². The molecule has 4 aromatic rings. The second kappa shape index (κ2) is 14.8. The lowest BCUT2D eigenvalue weighted by Gasteiger charge is -2.26. The molecule has 0 bridgehead atoms. The molecule has 0 aliphatic carbocycles. The summed E-state index contributed by atoms with van der Waals surface area (Å²) in [5.74, 6) is 2.41. The number of rotatable bonds is 12. The van der Waals surface area contributed by atoms with Gasteiger partial charge in [-0.25, -0.2) is 9.59 Å². The smallest absolute Gasteiger partial charge is 0.412 e. The first kappa shape index (κ1) is 34.5. The molecule has 0 spiro atoms. The van der Waals surface area contributed by atoms with Gasteiger partial charge in [0.05, 0.1) is 28.4 Å². The van der Waals surface area contributed by atoms with Crippen molar-refractivity contribution in [2.75, 3.05) is 39.1 Å². The van der Waals surface area contributed by atoms with E-state index in [-0.39, 0.29) is 0 Å². The number of amides is 2. The summed E-state index contributed by atoms with van der Waals surface area (Å²) in [7, 11) is 6.27. The Kier molecular flexibility index (Phi) is 10.9. The van der Waals surface area contributed by atoms with Gasteiger partial charge in [0.25, 0.3) is 0 Å². The SMILES string of the molecule is COc1cc(OC)cc(C(C)(C)OC(=O)Nc2ccc(Cc3ccc(NC(=O)OC(C)(C)c4cc(OC)cc(OC)c4)cc3)cc2)c1. The Balaban J connectivity index is 1.30. The van der Waals surface area contributed by atoms with E-state index in [9.17, 15) is 9.59 Å². The summed E-state index contributed by atoms with van der Waals surface area (Å²) >= 11 is 0. The third-order valence-corrected chi connectivity index (χ3v) is 7.60. The summed E-state index contributed by atoms with van der Waals surface area (Å²) in [5, 5.41) is 5.58. The van der Waals surface area contributed by atoms with Gasteiger partial charge >= 0.3 is 12.2 Å². The van der Waals surface area contributed by atoms with E-state index in [1.54, 1.807) is 92.5 Å². The molecule has 10 heteroatoms. The minimum Gasteiger partial charge on any atom is -0.497 e. The highest BCUT2D eigenvalue weighted by Gasteiger charge is 2.28. The van der Waals surface area contributed by atoms with E-state index in [0.717, 1.165) is 22.3 Å². The van der Waals surface area contributed by atoms with Crippen LogP contribution in [-0.4, -0.2) is 40.6 Å². The molecule has 0 unspecified atom stereocenters. The molecule has 0 saturated carbocycles. The van der Waals surface area contributed by atoms with E-state index in [4.69, 9.17) is 28.4 Å². The second-order valence-corrected chi connectivity index (χ2v) is 11.8. The van der Waals surface area contributed by atoms with Crippen molar-refractivity contribution in [3.05, 3.63) is 107 Å². The number of carbonyl (C=O) groups is 2. The summed E-state index contributed by atoms with van der Waals surface area (Å²) in [6, 6.07) is 25.8. The van der Waals surface area contributed by atoms with Gasteiger partial charge in [0.1, 0.15) is 34.2 Å². The predicted molar refractivity (Wildman–Crippen MR) is 181 cm³/mol. The fourth-order valence-corrected chi connectivity index (χ4v) is 4.83. The van der Waals surface area contributed by atoms with Crippen LogP contribution in [0.2, 0.25) is 0 Å². The molecule has 0 atom stereocenters. The highest BCUT2D eigenvalue weighted by Crippen LogP contribution is 2.34. The van der Waals surface area contributed by atoms with E-state index in [0.29, 0.717) is 40.8 Å². The zero-order valence-electron chi connectivity index (χ0n) is 28.1. The molecule has 4 rings (SSSR count). The van der Waals surface area contributed by atoms with Crippen LogP contribution in [0, 0.1) is 0 Å². The predicted octanol–water partition coefficient (Wildman–Crippen LogP) is 8.28. The van der Waals surface area contributed by atoms with Gasteiger partial charge in [-0.2, -0.15) is 0 Å². The molecule has 2 N–H and O–H groups in total. The highest BCUT2D eigenvalue weighted by molar-refractivity contribution is 5.85. The lowest BCUT2D eigenvalue weighted by Crippen LogP contribution is -2.28. The Morgan fingerprint density at radius 3 is 1.09 bits per heavy atom. The molecule has 47 heavy (non-hydrogen) atoms. The Morgan fingerprint density at radius 2 is 0.809 bits per heavy atom. The third-order valence-electron chi connectivity index (χ3n) is 7.60. The van der Waals surface area contributed by atoms with Crippen molar-refractivity contribution in [1.82, 2.24) is 0 Å². The lowest BCUT2D eigenvalue weighted by atomic mass is 9.97. The van der Waals surface area contributed by atoms with Crippen LogP contribution in [0.15, 0.2) is 84.9 Å². The van der Waals surface area contributed by atoms with Crippen molar-refractivity contribution in [1.29, 1.82) is 0 Å². The van der Waals surface area contributed by atoms with Crippen LogP contribution in [0.25, 0.3) is 0 Å². The summed E-state index contributed by atoms with van der Waals surface area (Å²) in [6.07, 6.45) is -0.513. The van der Waals surface area contributed by atoms with Crippen LogP contribution in [0.4, 0.5) is 21.0 Å². The van der Waals surface area contributed by atoms with Crippen molar-refractivity contribution in [3.63, 3.8) is 0 Å². The first-order valence-corrected chi connectivity index (χ1v) is 15.0. The minimum atomic E-state index is -0.941. The molecule has 4 aromatic carbocycles. The summed E-state index contributed by atoms with van der Waals surface area (Å²) in [4.78, 5) is 25.5. The van der Waals surface area contributed by atoms with Gasteiger partial charge in [0, 0.05) is 34.6 Å². The van der Waals surface area contributed by atoms with E-state index in [2.05, 4.69) is 10.6 Å². The molecule has 0 saturated heterocycles. The fourth-order valence-electron chi connectivity index (χ4n) is 4.83. The van der Waals surface area contributed by atoms with Crippen LogP contribution in [-0.2, 0) is 27.1 Å². The van der Waals surface area contributed by atoms with Crippen LogP contribution in [0.5, 0.6) is 23.0 Å². The van der Waals surface area contributed by atoms with Gasteiger partial charge in [-0.15, -0.1) is 0 Å². The molecule has 0 radical (unpaired) electrons. The molecule has 0 aromatic heterocycles. The standard InChI is InChI=1S/C37H42N2O8/c1-36(2,26-18-30(42-5)22-31(19-26)43-6)46-34(40)38-28-13-9-24(10-14-28)17-25-11-15-29(16-12-25)39-35(41)47-37(3,4)27-20-32(44-7)23-33(21-27)45-8/h9-16,18-23H,17H2,1-8H3,(H,38,40)(H,39,41). The van der Waals surface area contributed by atoms with Gasteiger partial charge < -0.3 is 28.4 Å². The largest absolute Gasteiger partial charge is 0.497 e. The van der Waals surface area contributed by atoms with Crippen molar-refractivity contribution >= 4 is 23.6 Å². The Bertz CT molecular complexity index is 1510. The molecule has 0 aliphatic heterocycles. The fraction of sp³-hybridized carbons (Fsp3) is 0.297. The number of carbonyl (C=O) groups excluding carboxylic acids is 2. The van der Waals surface area contributed by atoms with Gasteiger partial charge in [0.2, 0.25) is 0 Å². The van der Waals surface area contributed by atoms with Crippen LogP contribution in [0.3, 0.4) is 0 Å². The first-order valence-electron chi connectivity index (χ1n) is 15.0. The molecule has 0 aliphatic rings. The zero-order valence-corrected chi connectivity index (χ0v) is 28.1. The summed E-state index contributed by atoms with van der Waals surface area (Å²) in [5.41, 5.74) is 2.88. The molecule has 10 nitrogen and oxygen atoms in total. The van der Waals surface area contributed by atoms with Crippen LogP contribution in [0.1, 0.15) is 49.9 Å². The molecule has 0 heterocycles. The van der Waals surface area contributed by atoms with Gasteiger partial charge in [-0.1, -0.05) is 24.3 Å². The second-order valence-electron chi connectivity index (χ2n) is 11.8. The molecule has 248 valence electrons. The minimum absolute atomic E-state index is 0.585. The molecule has 0 fully saturated rings. The number of anilines is 2. The molecular weight excluding hydrogens is 600 g/mol. The number of hydrogen-bond acceptors (Lipinski definition) is 8. The van der Waals surface area contributed by atoms with Gasteiger partial charge in [0.15, 0.2) is 0 Å². The van der Waals surface area contributed by atoms with Crippen molar-refractivity contribution in [2.24, 2.45) is 0 Å². The van der Waals surface area contributed by atoms with Gasteiger partial charge in [-0.05, 0) is 93.8 Å². The normalized spacial score (nSPS) is 11.2. The zero-order chi connectivity index (χ0) is 34.2. The lowest BCUT2D eigenvalue weighted by molar-refractivity contribution is 0.0454. The van der Waals surface area contributed by atoms with E-state index in [1.165, 1.54) is 0 Å². The quantitative estimate of drug-likeness (QED) is 0.159. The monoisotopic (exact) mass is 642 g/mol. The van der Waals surface area contributed by atoms with E-state index < -0.39 is 23.4 Å². The van der Waals surface area contributed by atoms with Crippen molar-refractivity contribution < 1.29 is 38.0 Å². The summed E-state index contributed by atoms with van der Waals surface area (Å²) in [6.45, 7) is 7.20. The topological polar surface area (TPSA) is 114 Å². The maximum absolute atomic E-state index is 12.8. The first-order chi connectivity index (χ1) is 22.3. The Labute approximate surface area is 275 Å². The van der Waals surface area contributed by atoms with Crippen molar-refractivity contribution in [3.8, 4) is 23.0 Å². The third kappa shape index (κ3) is 9.32. The Morgan fingerprint density at radius 1 is 0.511 bits per heavy atom. The summed E-state index contributed by atoms with van der Waals surface area (Å²) < 4.78 is 32.9. The molecular formula is C37H42N2O8. The van der Waals surface area contributed by atoms with E-state index >= 15 is 0 Å². The average Bonchev–Trinajstić information content (AvgIpc) is 3.05. The molecule has 2 amide bonds. The van der Waals surface area contributed by atoms with Gasteiger partial charge in [-0.3, -0.25) is 10.6 Å². The number of hydrogen-bond donors (Lipinski definition) is 2. The number of nitrogens with one attached hydrogen (secondary N) is 2. The Hall–Kier alpha value is -5.38. The average molecular weight is 643 g/mol.